The van der Waals surface area contributed by atoms with Crippen molar-refractivity contribution in [1.29, 1.82) is 0 Å². The lowest BCUT2D eigenvalue weighted by Crippen LogP contribution is -2.08. The minimum absolute atomic E-state index is 0.497. The van der Waals surface area contributed by atoms with E-state index >= 15 is 0 Å². The zero-order valence-electron chi connectivity index (χ0n) is 13.0. The lowest BCUT2D eigenvalue weighted by molar-refractivity contribution is -0.131. The Balaban J connectivity index is 1.79. The summed E-state index contributed by atoms with van der Waals surface area (Å²) in [5.74, 6) is -1.66. The van der Waals surface area contributed by atoms with Crippen molar-refractivity contribution in [3.8, 4) is 21.8 Å². The van der Waals surface area contributed by atoms with E-state index in [-0.39, 0.29) is 0 Å². The van der Waals surface area contributed by atoms with Crippen LogP contribution in [-0.2, 0) is 9.59 Å². The summed E-state index contributed by atoms with van der Waals surface area (Å²) in [6, 6.07) is 17.2. The van der Waals surface area contributed by atoms with Gasteiger partial charge in [0.15, 0.2) is 0 Å². The fraction of sp³-hybridized carbons (Fsp3) is 0. The molecule has 25 heavy (non-hydrogen) atoms. The topological polar surface area (TPSA) is 79.3 Å². The first-order chi connectivity index (χ1) is 12.1. The number of carboxylic acids is 1. The minimum atomic E-state index is -1.17. The van der Waals surface area contributed by atoms with Crippen LogP contribution in [0.25, 0.3) is 21.8 Å². The van der Waals surface area contributed by atoms with Gasteiger partial charge in [-0.05, 0) is 12.1 Å². The lowest BCUT2D eigenvalue weighted by Gasteiger charge is -2.04. The summed E-state index contributed by atoms with van der Waals surface area (Å²) in [6.07, 6.45) is 1.77. The van der Waals surface area contributed by atoms with Gasteiger partial charge in [-0.15, -0.1) is 11.3 Å². The molecule has 0 aliphatic rings. The van der Waals surface area contributed by atoms with E-state index in [4.69, 9.17) is 5.11 Å². The fourth-order valence-electron chi connectivity index (χ4n) is 2.21. The zero-order chi connectivity index (χ0) is 17.6. The van der Waals surface area contributed by atoms with Gasteiger partial charge < -0.3 is 10.4 Å². The number of carboxylic acid groups (broad SMARTS) is 1. The summed E-state index contributed by atoms with van der Waals surface area (Å²) >= 11 is 1.55. The number of carbonyl (C=O) groups excluding carboxylic acids is 1. The van der Waals surface area contributed by atoms with E-state index in [0.29, 0.717) is 5.69 Å². The van der Waals surface area contributed by atoms with E-state index in [1.807, 2.05) is 47.8 Å². The van der Waals surface area contributed by atoms with Gasteiger partial charge in [-0.1, -0.05) is 42.5 Å². The predicted molar refractivity (Wildman–Crippen MR) is 98.4 cm³/mol. The second-order valence-electron chi connectivity index (χ2n) is 5.15. The molecule has 5 nitrogen and oxygen atoms in total. The van der Waals surface area contributed by atoms with Crippen LogP contribution in [-0.4, -0.2) is 22.0 Å². The second kappa shape index (κ2) is 7.55. The van der Waals surface area contributed by atoms with Crippen LogP contribution in [0.15, 0.2) is 72.1 Å². The number of rotatable bonds is 5. The molecule has 124 valence electrons. The first-order valence-electron chi connectivity index (χ1n) is 7.45. The highest BCUT2D eigenvalue weighted by molar-refractivity contribution is 7.13. The number of thiazole rings is 1. The number of hydrogen-bond donors (Lipinski definition) is 2. The van der Waals surface area contributed by atoms with Gasteiger partial charge in [0.2, 0.25) is 5.91 Å². The van der Waals surface area contributed by atoms with Gasteiger partial charge in [0.05, 0.1) is 5.69 Å². The molecule has 0 saturated carbocycles. The Hall–Kier alpha value is -3.25. The van der Waals surface area contributed by atoms with Crippen LogP contribution in [0.5, 0.6) is 0 Å². The molecular formula is C19H14N2O3S. The number of nitrogens with one attached hydrogen (secondary N) is 1. The predicted octanol–water partition coefficient (Wildman–Crippen LogP) is 4.06. The van der Waals surface area contributed by atoms with E-state index < -0.39 is 11.9 Å². The van der Waals surface area contributed by atoms with E-state index in [0.717, 1.165) is 34.0 Å². The molecule has 0 aliphatic heterocycles. The van der Waals surface area contributed by atoms with Gasteiger partial charge in [-0.3, -0.25) is 4.79 Å². The summed E-state index contributed by atoms with van der Waals surface area (Å²) in [5, 5.41) is 14.1. The number of amides is 1. The van der Waals surface area contributed by atoms with Crippen molar-refractivity contribution in [2.75, 3.05) is 5.32 Å². The Morgan fingerprint density at radius 2 is 1.76 bits per heavy atom. The summed E-state index contributed by atoms with van der Waals surface area (Å²) in [7, 11) is 0. The normalized spacial score (nSPS) is 10.7. The Morgan fingerprint density at radius 3 is 2.52 bits per heavy atom. The van der Waals surface area contributed by atoms with Gasteiger partial charge in [0.25, 0.3) is 0 Å². The maximum absolute atomic E-state index is 11.7. The fourth-order valence-corrected chi connectivity index (χ4v) is 3.04. The third-order valence-corrected chi connectivity index (χ3v) is 4.22. The van der Waals surface area contributed by atoms with E-state index in [1.165, 1.54) is 0 Å². The van der Waals surface area contributed by atoms with Gasteiger partial charge in [0, 0.05) is 34.3 Å². The van der Waals surface area contributed by atoms with Crippen LogP contribution in [0.1, 0.15) is 0 Å². The van der Waals surface area contributed by atoms with Crippen molar-refractivity contribution >= 4 is 28.9 Å². The average Bonchev–Trinajstić information content (AvgIpc) is 3.11. The monoisotopic (exact) mass is 350 g/mol. The highest BCUT2D eigenvalue weighted by atomic mass is 32.1. The first kappa shape index (κ1) is 16.6. The van der Waals surface area contributed by atoms with Crippen LogP contribution in [0, 0.1) is 0 Å². The number of carbonyl (C=O) groups is 2. The molecule has 0 unspecified atom stereocenters. The molecule has 1 heterocycles. The lowest BCUT2D eigenvalue weighted by atomic mass is 10.1. The van der Waals surface area contributed by atoms with Crippen LogP contribution in [0.3, 0.4) is 0 Å². The van der Waals surface area contributed by atoms with Gasteiger partial charge in [0.1, 0.15) is 5.01 Å². The molecule has 2 aromatic carbocycles. The molecule has 3 aromatic rings. The van der Waals surface area contributed by atoms with E-state index in [1.54, 1.807) is 23.5 Å². The van der Waals surface area contributed by atoms with Crippen LogP contribution < -0.4 is 5.32 Å². The van der Waals surface area contributed by atoms with Crippen LogP contribution in [0.4, 0.5) is 5.69 Å². The Morgan fingerprint density at radius 1 is 1.00 bits per heavy atom. The first-order valence-corrected chi connectivity index (χ1v) is 8.33. The van der Waals surface area contributed by atoms with Crippen molar-refractivity contribution in [2.45, 2.75) is 0 Å². The summed E-state index contributed by atoms with van der Waals surface area (Å²) in [4.78, 5) is 26.8. The van der Waals surface area contributed by atoms with Crippen molar-refractivity contribution in [3.63, 3.8) is 0 Å². The summed E-state index contributed by atoms with van der Waals surface area (Å²) < 4.78 is 0. The Labute approximate surface area is 148 Å². The highest BCUT2D eigenvalue weighted by Gasteiger charge is 2.07. The number of hydrogen-bond acceptors (Lipinski definition) is 4. The smallest absolute Gasteiger partial charge is 0.328 e. The molecule has 0 radical (unpaired) electrons. The van der Waals surface area contributed by atoms with Gasteiger partial charge in [-0.2, -0.15) is 0 Å². The maximum atomic E-state index is 11.7. The molecule has 6 heteroatoms. The molecule has 0 fully saturated rings. The number of aromatic nitrogens is 1. The largest absolute Gasteiger partial charge is 0.478 e. The van der Waals surface area contributed by atoms with Gasteiger partial charge >= 0.3 is 5.97 Å². The van der Waals surface area contributed by atoms with E-state index in [2.05, 4.69) is 10.3 Å². The highest BCUT2D eigenvalue weighted by Crippen LogP contribution is 2.29. The molecule has 0 saturated heterocycles. The maximum Gasteiger partial charge on any atom is 0.328 e. The Kier molecular flexibility index (Phi) is 5.01. The van der Waals surface area contributed by atoms with Crippen LogP contribution in [0.2, 0.25) is 0 Å². The Bertz CT molecular complexity index is 933. The minimum Gasteiger partial charge on any atom is -0.478 e. The average molecular weight is 350 g/mol. The molecule has 0 bridgehead atoms. The van der Waals surface area contributed by atoms with E-state index in [9.17, 15) is 9.59 Å². The van der Waals surface area contributed by atoms with Crippen molar-refractivity contribution < 1.29 is 14.7 Å². The van der Waals surface area contributed by atoms with Crippen molar-refractivity contribution in [1.82, 2.24) is 4.98 Å². The number of nitrogens with zero attached hydrogens (tertiary/aromatic N) is 1. The molecule has 3 rings (SSSR count). The molecule has 1 aromatic heterocycles. The SMILES string of the molecule is O=C(O)/C=C\C(=O)Nc1cccc(-c2csc(-c3ccccc3)n2)c1. The molecule has 1 amide bonds. The van der Waals surface area contributed by atoms with Gasteiger partial charge in [-0.25, -0.2) is 9.78 Å². The molecular weight excluding hydrogens is 336 g/mol. The summed E-state index contributed by atoms with van der Waals surface area (Å²) in [5.41, 5.74) is 3.33. The molecule has 0 atom stereocenters. The third-order valence-electron chi connectivity index (χ3n) is 3.33. The number of benzene rings is 2. The number of aliphatic carboxylic acids is 1. The summed E-state index contributed by atoms with van der Waals surface area (Å²) in [6.45, 7) is 0. The number of anilines is 1. The molecule has 0 aliphatic carbocycles. The van der Waals surface area contributed by atoms with Crippen molar-refractivity contribution in [3.05, 3.63) is 72.1 Å². The van der Waals surface area contributed by atoms with Crippen LogP contribution >= 0.6 is 11.3 Å². The standard InChI is InChI=1S/C19H14N2O3S/c22-17(9-10-18(23)24)20-15-8-4-7-14(11-15)16-12-25-19(21-16)13-5-2-1-3-6-13/h1-12H,(H,20,22)(H,23,24)/b10-9-. The second-order valence-corrected chi connectivity index (χ2v) is 6.00. The van der Waals surface area contributed by atoms with Crippen molar-refractivity contribution in [2.24, 2.45) is 0 Å². The third kappa shape index (κ3) is 4.39. The quantitative estimate of drug-likeness (QED) is 0.680. The molecule has 0 spiro atoms. The molecule has 2 N–H and O–H groups in total. The zero-order valence-corrected chi connectivity index (χ0v) is 13.9.